The summed E-state index contributed by atoms with van der Waals surface area (Å²) in [4.78, 5) is 71.2. The van der Waals surface area contributed by atoms with Crippen molar-refractivity contribution in [3.8, 4) is 5.75 Å². The number of hydrogen-bond acceptors (Lipinski definition) is 10. The number of rotatable bonds is 12. The highest BCUT2D eigenvalue weighted by molar-refractivity contribution is 6.25. The lowest BCUT2D eigenvalue weighted by Crippen LogP contribution is -2.63. The first-order valence-electron chi connectivity index (χ1n) is 20.8. The number of alkyl halides is 2. The molecule has 314 valence electrons. The molecular formula is C44H48F2N8O6. The molecule has 2 saturated carbocycles. The number of imide groups is 2. The summed E-state index contributed by atoms with van der Waals surface area (Å²) in [7, 11) is 1.50. The molecular weight excluding hydrogens is 775 g/mol. The van der Waals surface area contributed by atoms with Crippen molar-refractivity contribution in [2.24, 2.45) is 17.3 Å². The van der Waals surface area contributed by atoms with Gasteiger partial charge in [0.2, 0.25) is 11.8 Å². The standard InChI is InChI=1S/C44H48F2N8O6/c1-43(45,46)36-8-4-7-31(48-36)39(56)49-33-17-27-22-53(51-32(27)18-35(33)60-2)28-11-9-25(10-12-28)21-52-23-44(24-52)19-26(20-44)15-16-47-30-6-3-5-29-38(30)42(59)54(41(29)58)34-13-14-37(55)50-40(34)57/h3-8,17-18,22,25-26,28,34,47H,9-16,19-21,23-24H2,1-2H3,(H,49,56)(H,50,55,57)/t25-,28-,34?. The van der Waals surface area contributed by atoms with Crippen LogP contribution in [0.5, 0.6) is 5.75 Å². The molecule has 14 nitrogen and oxygen atoms in total. The summed E-state index contributed by atoms with van der Waals surface area (Å²) in [5.74, 6) is -4.14. The molecule has 60 heavy (non-hydrogen) atoms. The summed E-state index contributed by atoms with van der Waals surface area (Å²) >= 11 is 0. The summed E-state index contributed by atoms with van der Waals surface area (Å²) in [6.07, 6.45) is 9.85. The maximum atomic E-state index is 13.8. The van der Waals surface area contributed by atoms with E-state index in [1.807, 2.05) is 10.9 Å². The molecule has 4 aromatic rings. The Balaban J connectivity index is 0.719. The van der Waals surface area contributed by atoms with Gasteiger partial charge in [0.05, 0.1) is 35.5 Å². The number of likely N-dealkylation sites (tertiary alicyclic amines) is 1. The Kier molecular flexibility index (Phi) is 10.2. The number of piperidine rings is 1. The van der Waals surface area contributed by atoms with E-state index in [9.17, 15) is 32.8 Å². The maximum absolute atomic E-state index is 13.8. The zero-order valence-corrected chi connectivity index (χ0v) is 33.6. The Morgan fingerprint density at radius 2 is 1.73 bits per heavy atom. The summed E-state index contributed by atoms with van der Waals surface area (Å²) in [6, 6.07) is 12.0. The number of pyridine rings is 1. The van der Waals surface area contributed by atoms with Gasteiger partial charge >= 0.3 is 0 Å². The predicted molar refractivity (Wildman–Crippen MR) is 217 cm³/mol. The lowest BCUT2D eigenvalue weighted by atomic mass is 9.57. The van der Waals surface area contributed by atoms with Gasteiger partial charge in [0.25, 0.3) is 23.6 Å². The van der Waals surface area contributed by atoms with E-state index in [2.05, 4.69) is 25.8 Å². The number of nitrogens with one attached hydrogen (secondary N) is 3. The molecule has 2 aromatic heterocycles. The number of hydrogen-bond donors (Lipinski definition) is 3. The SMILES string of the molecule is COc1cc2nn([C@H]3CC[C@H](CN4CC5(CC(CCNc6cccc7c6C(=O)N(C6CCC(=O)NC6=O)C7=O)C5)C4)CC3)cc2cc1NC(=O)c1cccc(C(C)(F)F)n1. The van der Waals surface area contributed by atoms with E-state index in [1.165, 1.54) is 38.2 Å². The van der Waals surface area contributed by atoms with Gasteiger partial charge in [0.1, 0.15) is 23.2 Å². The van der Waals surface area contributed by atoms with Crippen molar-refractivity contribution in [2.45, 2.75) is 82.7 Å². The number of aromatic nitrogens is 3. The van der Waals surface area contributed by atoms with Gasteiger partial charge < -0.3 is 20.3 Å². The van der Waals surface area contributed by atoms with Gasteiger partial charge in [-0.3, -0.25) is 38.9 Å². The fourth-order valence-electron chi connectivity index (χ4n) is 10.2. The third-order valence-corrected chi connectivity index (χ3v) is 13.1. The highest BCUT2D eigenvalue weighted by Gasteiger charge is 2.52. The Morgan fingerprint density at radius 3 is 2.47 bits per heavy atom. The molecule has 5 amide bonds. The molecule has 3 N–H and O–H groups in total. The van der Waals surface area contributed by atoms with Crippen LogP contribution in [-0.4, -0.2) is 93.4 Å². The second-order valence-electron chi connectivity index (χ2n) is 17.5. The minimum atomic E-state index is -3.17. The molecule has 2 aliphatic carbocycles. The molecule has 1 atom stereocenters. The quantitative estimate of drug-likeness (QED) is 0.141. The number of methoxy groups -OCH3 is 1. The molecule has 1 unspecified atom stereocenters. The molecule has 1 spiro atoms. The van der Waals surface area contributed by atoms with Gasteiger partial charge in [-0.1, -0.05) is 12.1 Å². The van der Waals surface area contributed by atoms with Crippen molar-refractivity contribution in [3.63, 3.8) is 0 Å². The van der Waals surface area contributed by atoms with E-state index in [-0.39, 0.29) is 30.1 Å². The molecule has 9 rings (SSSR count). The number of ether oxygens (including phenoxy) is 1. The average molecular weight is 823 g/mol. The number of halogens is 2. The Morgan fingerprint density at radius 1 is 0.967 bits per heavy atom. The van der Waals surface area contributed by atoms with Crippen LogP contribution >= 0.6 is 0 Å². The zero-order valence-electron chi connectivity index (χ0n) is 33.6. The first kappa shape index (κ1) is 39.7. The Labute approximate surface area is 345 Å². The van der Waals surface area contributed by atoms with Crippen LogP contribution in [0, 0.1) is 17.3 Å². The van der Waals surface area contributed by atoms with Gasteiger partial charge in [0, 0.05) is 62.9 Å². The fraction of sp³-hybridized carbons (Fsp3) is 0.477. The van der Waals surface area contributed by atoms with Crippen LogP contribution in [0.3, 0.4) is 0 Å². The third-order valence-electron chi connectivity index (χ3n) is 13.1. The van der Waals surface area contributed by atoms with Crippen LogP contribution in [0.4, 0.5) is 20.2 Å². The van der Waals surface area contributed by atoms with Crippen LogP contribution in [0.15, 0.2) is 54.7 Å². The van der Waals surface area contributed by atoms with Crippen molar-refractivity contribution in [3.05, 3.63) is 77.2 Å². The van der Waals surface area contributed by atoms with Crippen molar-refractivity contribution in [1.82, 2.24) is 29.9 Å². The van der Waals surface area contributed by atoms with Crippen molar-refractivity contribution < 1.29 is 37.5 Å². The van der Waals surface area contributed by atoms with Gasteiger partial charge in [-0.25, -0.2) is 4.98 Å². The Bertz CT molecular complexity index is 2390. The van der Waals surface area contributed by atoms with E-state index >= 15 is 0 Å². The van der Waals surface area contributed by atoms with Gasteiger partial charge in [0.15, 0.2) is 0 Å². The maximum Gasteiger partial charge on any atom is 0.287 e. The minimum absolute atomic E-state index is 0.0843. The van der Waals surface area contributed by atoms with Gasteiger partial charge in [-0.2, -0.15) is 13.9 Å². The number of nitrogens with zero attached hydrogens (tertiary/aromatic N) is 5. The molecule has 2 saturated heterocycles. The van der Waals surface area contributed by atoms with Crippen LogP contribution in [0.2, 0.25) is 0 Å². The second kappa shape index (κ2) is 15.4. The first-order valence-corrected chi connectivity index (χ1v) is 20.8. The van der Waals surface area contributed by atoms with E-state index in [0.29, 0.717) is 46.5 Å². The summed E-state index contributed by atoms with van der Waals surface area (Å²) < 4.78 is 35.2. The van der Waals surface area contributed by atoms with Crippen molar-refractivity contribution >= 4 is 51.8 Å². The van der Waals surface area contributed by atoms with Crippen LogP contribution in [0.1, 0.15) is 108 Å². The van der Waals surface area contributed by atoms with E-state index < -0.39 is 47.2 Å². The summed E-state index contributed by atoms with van der Waals surface area (Å²) in [5, 5.41) is 14.1. The number of fused-ring (bicyclic) bond motifs is 2. The number of amides is 5. The lowest BCUT2D eigenvalue weighted by Gasteiger charge is -2.60. The van der Waals surface area contributed by atoms with Crippen molar-refractivity contribution in [2.75, 3.05) is 43.9 Å². The van der Waals surface area contributed by atoms with E-state index in [4.69, 9.17) is 9.84 Å². The minimum Gasteiger partial charge on any atom is -0.494 e. The van der Waals surface area contributed by atoms with Crippen LogP contribution < -0.4 is 20.7 Å². The highest BCUT2D eigenvalue weighted by atomic mass is 19.3. The lowest BCUT2D eigenvalue weighted by molar-refractivity contribution is -0.136. The van der Waals surface area contributed by atoms with E-state index in [0.717, 1.165) is 74.5 Å². The Hall–Kier alpha value is -5.77. The largest absolute Gasteiger partial charge is 0.494 e. The topological polar surface area (TPSA) is 168 Å². The number of benzene rings is 2. The summed E-state index contributed by atoms with van der Waals surface area (Å²) in [5.41, 5.74) is 2.14. The molecule has 2 aromatic carbocycles. The predicted octanol–water partition coefficient (Wildman–Crippen LogP) is 6.15. The molecule has 3 aliphatic heterocycles. The molecule has 16 heteroatoms. The number of anilines is 2. The monoisotopic (exact) mass is 822 g/mol. The van der Waals surface area contributed by atoms with Gasteiger partial charge in [-0.05, 0) is 98.9 Å². The second-order valence-corrected chi connectivity index (χ2v) is 17.5. The molecule has 0 bridgehead atoms. The average Bonchev–Trinajstić information content (AvgIpc) is 3.73. The van der Waals surface area contributed by atoms with Crippen LogP contribution in [-0.2, 0) is 15.5 Å². The number of carbonyl (C=O) groups excluding carboxylic acids is 5. The smallest absolute Gasteiger partial charge is 0.287 e. The third kappa shape index (κ3) is 7.50. The van der Waals surface area contributed by atoms with Gasteiger partial charge in [-0.15, -0.1) is 0 Å². The molecule has 5 heterocycles. The molecule has 5 aliphatic rings. The normalized spacial score (nSPS) is 23.0. The molecule has 4 fully saturated rings. The first-order chi connectivity index (χ1) is 28.8. The fourth-order valence-corrected chi connectivity index (χ4v) is 10.2. The molecule has 0 radical (unpaired) electrons. The zero-order chi connectivity index (χ0) is 41.9. The van der Waals surface area contributed by atoms with E-state index in [1.54, 1.807) is 30.3 Å². The number of carbonyl (C=O) groups is 5. The summed E-state index contributed by atoms with van der Waals surface area (Å²) in [6.45, 7) is 4.80. The highest BCUT2D eigenvalue weighted by Crippen LogP contribution is 2.53. The van der Waals surface area contributed by atoms with Crippen LogP contribution in [0.25, 0.3) is 10.9 Å². The van der Waals surface area contributed by atoms with Crippen molar-refractivity contribution in [1.29, 1.82) is 0 Å².